The lowest BCUT2D eigenvalue weighted by Crippen LogP contribution is -1.98. The van der Waals surface area contributed by atoms with Gasteiger partial charge in [-0.05, 0) is 17.7 Å². The Labute approximate surface area is 83.6 Å². The molecule has 2 N–H and O–H groups in total. The Kier molecular flexibility index (Phi) is 3.19. The molecule has 0 fully saturated rings. The number of benzene rings is 1. The van der Waals surface area contributed by atoms with Crippen LogP contribution >= 0.6 is 39.1 Å². The molecule has 0 saturated carbocycles. The van der Waals surface area contributed by atoms with E-state index in [0.29, 0.717) is 16.6 Å². The van der Waals surface area contributed by atoms with E-state index in [1.54, 1.807) is 6.07 Å². The van der Waals surface area contributed by atoms with Gasteiger partial charge in [0.05, 0.1) is 10.0 Å². The third kappa shape index (κ3) is 1.88. The van der Waals surface area contributed by atoms with Crippen molar-refractivity contribution in [2.75, 3.05) is 0 Å². The van der Waals surface area contributed by atoms with Crippen LogP contribution in [0.4, 0.5) is 0 Å². The van der Waals surface area contributed by atoms with Crippen molar-refractivity contribution in [3.05, 3.63) is 32.2 Å². The summed E-state index contributed by atoms with van der Waals surface area (Å²) in [5, 5.41) is 1.07. The van der Waals surface area contributed by atoms with Gasteiger partial charge in [0.1, 0.15) is 0 Å². The zero-order valence-electron chi connectivity index (χ0n) is 5.57. The molecule has 4 heteroatoms. The van der Waals surface area contributed by atoms with Crippen molar-refractivity contribution in [2.24, 2.45) is 5.73 Å². The fourth-order valence-corrected chi connectivity index (χ4v) is 1.78. The van der Waals surface area contributed by atoms with E-state index >= 15 is 0 Å². The first-order chi connectivity index (χ1) is 5.16. The predicted molar refractivity (Wildman–Crippen MR) is 52.1 cm³/mol. The summed E-state index contributed by atoms with van der Waals surface area (Å²) in [6.07, 6.45) is 0. The minimum atomic E-state index is 0.389. The molecule has 0 aliphatic rings. The minimum absolute atomic E-state index is 0.389. The number of hydrogen-bond donors (Lipinski definition) is 1. The number of hydrogen-bond acceptors (Lipinski definition) is 1. The molecule has 0 unspecified atom stereocenters. The first kappa shape index (κ1) is 9.33. The third-order valence-electron chi connectivity index (χ3n) is 1.34. The Morgan fingerprint density at radius 2 is 2.00 bits per heavy atom. The molecule has 0 aliphatic heterocycles. The molecule has 0 radical (unpaired) electrons. The average molecular weight is 255 g/mol. The van der Waals surface area contributed by atoms with Crippen LogP contribution in [0.1, 0.15) is 5.56 Å². The van der Waals surface area contributed by atoms with Crippen molar-refractivity contribution in [1.29, 1.82) is 0 Å². The molecular formula is C7H6BrCl2N. The molecule has 1 nitrogen and oxygen atoms in total. The van der Waals surface area contributed by atoms with Crippen LogP contribution in [0.2, 0.25) is 10.0 Å². The molecule has 0 saturated heterocycles. The second-order valence-corrected chi connectivity index (χ2v) is 3.67. The second-order valence-electron chi connectivity index (χ2n) is 2.03. The molecule has 0 aliphatic carbocycles. The fourth-order valence-electron chi connectivity index (χ4n) is 0.756. The van der Waals surface area contributed by atoms with Crippen molar-refractivity contribution in [3.63, 3.8) is 0 Å². The van der Waals surface area contributed by atoms with Crippen LogP contribution in [-0.2, 0) is 6.54 Å². The maximum atomic E-state index is 5.86. The van der Waals surface area contributed by atoms with Crippen molar-refractivity contribution in [1.82, 2.24) is 0 Å². The molecule has 0 amide bonds. The third-order valence-corrected chi connectivity index (χ3v) is 2.93. The Morgan fingerprint density at radius 3 is 2.45 bits per heavy atom. The lowest BCUT2D eigenvalue weighted by atomic mass is 10.2. The van der Waals surface area contributed by atoms with E-state index in [9.17, 15) is 0 Å². The Bertz CT molecular complexity index is 275. The van der Waals surface area contributed by atoms with Gasteiger partial charge in [-0.25, -0.2) is 0 Å². The van der Waals surface area contributed by atoms with Gasteiger partial charge < -0.3 is 5.73 Å². The van der Waals surface area contributed by atoms with Crippen LogP contribution in [0.3, 0.4) is 0 Å². The Balaban J connectivity index is 3.29. The van der Waals surface area contributed by atoms with Gasteiger partial charge in [0, 0.05) is 11.0 Å². The first-order valence-corrected chi connectivity index (χ1v) is 4.54. The summed E-state index contributed by atoms with van der Waals surface area (Å²) in [5.74, 6) is 0. The summed E-state index contributed by atoms with van der Waals surface area (Å²) in [6, 6.07) is 3.56. The highest BCUT2D eigenvalue weighted by molar-refractivity contribution is 9.10. The van der Waals surface area contributed by atoms with Crippen LogP contribution in [0.15, 0.2) is 16.6 Å². The summed E-state index contributed by atoms with van der Waals surface area (Å²) < 4.78 is 0.898. The lowest BCUT2D eigenvalue weighted by Gasteiger charge is -2.04. The van der Waals surface area contributed by atoms with Gasteiger partial charge in [-0.1, -0.05) is 39.1 Å². The second kappa shape index (κ2) is 3.76. The normalized spacial score (nSPS) is 10.2. The lowest BCUT2D eigenvalue weighted by molar-refractivity contribution is 1.06. The van der Waals surface area contributed by atoms with E-state index in [1.807, 2.05) is 6.07 Å². The van der Waals surface area contributed by atoms with Gasteiger partial charge >= 0.3 is 0 Å². The molecule has 0 heterocycles. The van der Waals surface area contributed by atoms with Crippen molar-refractivity contribution >= 4 is 39.1 Å². The van der Waals surface area contributed by atoms with Gasteiger partial charge in [0.15, 0.2) is 0 Å². The number of rotatable bonds is 1. The number of nitrogens with two attached hydrogens (primary N) is 1. The molecule has 0 spiro atoms. The highest BCUT2D eigenvalue weighted by Crippen LogP contribution is 2.30. The van der Waals surface area contributed by atoms with Crippen molar-refractivity contribution in [3.8, 4) is 0 Å². The Morgan fingerprint density at radius 1 is 1.36 bits per heavy atom. The van der Waals surface area contributed by atoms with E-state index in [-0.39, 0.29) is 0 Å². The minimum Gasteiger partial charge on any atom is -0.326 e. The number of halogens is 3. The van der Waals surface area contributed by atoms with Crippen LogP contribution in [-0.4, -0.2) is 0 Å². The highest BCUT2D eigenvalue weighted by Gasteiger charge is 2.06. The maximum Gasteiger partial charge on any atom is 0.0648 e. The monoisotopic (exact) mass is 253 g/mol. The summed E-state index contributed by atoms with van der Waals surface area (Å²) in [7, 11) is 0. The first-order valence-electron chi connectivity index (χ1n) is 2.99. The molecular weight excluding hydrogens is 249 g/mol. The summed E-state index contributed by atoms with van der Waals surface area (Å²) >= 11 is 14.9. The smallest absolute Gasteiger partial charge is 0.0648 e. The molecule has 1 rings (SSSR count). The fraction of sp³-hybridized carbons (Fsp3) is 0.143. The average Bonchev–Trinajstić information content (AvgIpc) is 1.99. The predicted octanol–water partition coefficient (Wildman–Crippen LogP) is 3.21. The van der Waals surface area contributed by atoms with Crippen LogP contribution in [0.5, 0.6) is 0 Å². The molecule has 1 aromatic rings. The van der Waals surface area contributed by atoms with E-state index in [1.165, 1.54) is 0 Å². The zero-order chi connectivity index (χ0) is 8.43. The van der Waals surface area contributed by atoms with E-state index in [0.717, 1.165) is 10.0 Å². The van der Waals surface area contributed by atoms with Gasteiger partial charge in [-0.3, -0.25) is 0 Å². The molecule has 0 bridgehead atoms. The van der Waals surface area contributed by atoms with E-state index in [4.69, 9.17) is 28.9 Å². The molecule has 1 aromatic carbocycles. The van der Waals surface area contributed by atoms with Crippen molar-refractivity contribution in [2.45, 2.75) is 6.54 Å². The van der Waals surface area contributed by atoms with Crippen LogP contribution < -0.4 is 5.73 Å². The van der Waals surface area contributed by atoms with Gasteiger partial charge in [0.2, 0.25) is 0 Å². The highest BCUT2D eigenvalue weighted by atomic mass is 79.9. The quantitative estimate of drug-likeness (QED) is 0.766. The zero-order valence-corrected chi connectivity index (χ0v) is 8.67. The molecule has 11 heavy (non-hydrogen) atoms. The van der Waals surface area contributed by atoms with E-state index in [2.05, 4.69) is 15.9 Å². The summed E-state index contributed by atoms with van der Waals surface area (Å²) in [6.45, 7) is 0.389. The van der Waals surface area contributed by atoms with Gasteiger partial charge in [-0.2, -0.15) is 0 Å². The van der Waals surface area contributed by atoms with Gasteiger partial charge in [-0.15, -0.1) is 0 Å². The Hall–Kier alpha value is 0.240. The van der Waals surface area contributed by atoms with Crippen molar-refractivity contribution < 1.29 is 0 Å². The molecule has 0 aromatic heterocycles. The van der Waals surface area contributed by atoms with E-state index < -0.39 is 0 Å². The maximum absolute atomic E-state index is 5.86. The van der Waals surface area contributed by atoms with Crippen LogP contribution in [0.25, 0.3) is 0 Å². The molecule has 60 valence electrons. The summed E-state index contributed by atoms with van der Waals surface area (Å²) in [5.41, 5.74) is 6.29. The van der Waals surface area contributed by atoms with Crippen LogP contribution in [0, 0.1) is 0 Å². The molecule has 0 atom stereocenters. The topological polar surface area (TPSA) is 26.0 Å². The SMILES string of the molecule is NCc1c(Br)ccc(Cl)c1Cl. The van der Waals surface area contributed by atoms with Gasteiger partial charge in [0.25, 0.3) is 0 Å². The largest absolute Gasteiger partial charge is 0.326 e. The summed E-state index contributed by atoms with van der Waals surface area (Å²) in [4.78, 5) is 0. The standard InChI is InChI=1S/C7H6BrCl2N/c8-5-1-2-6(9)7(10)4(5)3-11/h1-2H,3,11H2.